The number of benzene rings is 1. The van der Waals surface area contributed by atoms with E-state index in [4.69, 9.17) is 9.47 Å². The number of amides is 1. The molecule has 3 heterocycles. The first-order chi connectivity index (χ1) is 15.0. The fraction of sp³-hybridized carbons (Fsp3) is 0.455. The van der Waals surface area contributed by atoms with Gasteiger partial charge in [-0.15, -0.1) is 0 Å². The Morgan fingerprint density at radius 3 is 2.65 bits per heavy atom. The van der Waals surface area contributed by atoms with Crippen LogP contribution in [0.15, 0.2) is 23.0 Å². The number of piperidine rings is 1. The number of H-pyrrole nitrogens is 1. The molecule has 162 valence electrons. The number of aromatic nitrogens is 2. The Morgan fingerprint density at radius 2 is 1.97 bits per heavy atom. The zero-order chi connectivity index (χ0) is 22.1. The summed E-state index contributed by atoms with van der Waals surface area (Å²) in [5, 5.41) is 12.4. The van der Waals surface area contributed by atoms with Gasteiger partial charge < -0.3 is 19.7 Å². The first-order valence-electron chi connectivity index (χ1n) is 10.3. The minimum Gasteiger partial charge on any atom is -0.493 e. The van der Waals surface area contributed by atoms with Crippen molar-refractivity contribution in [2.24, 2.45) is 5.92 Å². The van der Waals surface area contributed by atoms with Crippen LogP contribution in [0.3, 0.4) is 0 Å². The molecule has 31 heavy (non-hydrogen) atoms. The number of nitrogens with zero attached hydrogens (tertiary/aromatic N) is 3. The summed E-state index contributed by atoms with van der Waals surface area (Å²) in [6.45, 7) is 2.88. The van der Waals surface area contributed by atoms with Crippen LogP contribution in [0.4, 0.5) is 11.8 Å². The normalized spacial score (nSPS) is 22.8. The second-order valence-electron chi connectivity index (χ2n) is 7.88. The van der Waals surface area contributed by atoms with Crippen LogP contribution in [-0.2, 0) is 4.79 Å². The Balaban J connectivity index is 1.85. The topological polar surface area (TPSA) is 120 Å². The number of carbonyl (C=O) groups is 1. The Morgan fingerprint density at radius 1 is 1.19 bits per heavy atom. The van der Waals surface area contributed by atoms with E-state index in [9.17, 15) is 14.9 Å². The van der Waals surface area contributed by atoms with Gasteiger partial charge in [0, 0.05) is 18.5 Å². The van der Waals surface area contributed by atoms with Crippen molar-refractivity contribution in [3.63, 3.8) is 0 Å². The first kappa shape index (κ1) is 20.7. The Hall–Kier alpha value is -3.54. The van der Waals surface area contributed by atoms with Crippen LogP contribution in [-0.4, -0.2) is 42.7 Å². The lowest BCUT2D eigenvalue weighted by atomic mass is 9.79. The molecule has 1 saturated heterocycles. The van der Waals surface area contributed by atoms with Crippen molar-refractivity contribution in [2.75, 3.05) is 31.0 Å². The monoisotopic (exact) mass is 423 g/mol. The van der Waals surface area contributed by atoms with Gasteiger partial charge in [-0.1, -0.05) is 6.07 Å². The predicted octanol–water partition coefficient (Wildman–Crippen LogP) is 2.39. The molecule has 2 aliphatic heterocycles. The number of carbonyl (C=O) groups excluding carboxylic acids is 1. The maximum Gasteiger partial charge on any atom is 0.258 e. The molecule has 1 fully saturated rings. The molecule has 1 aromatic carbocycles. The summed E-state index contributed by atoms with van der Waals surface area (Å²) < 4.78 is 10.7. The highest BCUT2D eigenvalue weighted by molar-refractivity contribution is 5.98. The van der Waals surface area contributed by atoms with Gasteiger partial charge in [-0.2, -0.15) is 10.2 Å². The van der Waals surface area contributed by atoms with Crippen LogP contribution in [0.1, 0.15) is 43.2 Å². The highest BCUT2D eigenvalue weighted by Crippen LogP contribution is 2.41. The number of ether oxygens (including phenoxy) is 2. The largest absolute Gasteiger partial charge is 0.493 e. The zero-order valence-electron chi connectivity index (χ0n) is 17.8. The average Bonchev–Trinajstić information content (AvgIpc) is 2.77. The third kappa shape index (κ3) is 3.58. The molecule has 0 saturated carbocycles. The van der Waals surface area contributed by atoms with E-state index >= 15 is 0 Å². The maximum atomic E-state index is 13.2. The van der Waals surface area contributed by atoms with E-state index in [0.717, 1.165) is 25.8 Å². The number of nitrogens with one attached hydrogen (secondary N) is 2. The highest BCUT2D eigenvalue weighted by Gasteiger charge is 2.41. The number of hydrogen-bond acceptors (Lipinski definition) is 7. The van der Waals surface area contributed by atoms with Crippen LogP contribution >= 0.6 is 0 Å². The van der Waals surface area contributed by atoms with Gasteiger partial charge in [-0.3, -0.25) is 14.6 Å². The summed E-state index contributed by atoms with van der Waals surface area (Å²) in [5.74, 6) is -0.726. The Labute approximate surface area is 180 Å². The molecule has 0 radical (unpaired) electrons. The van der Waals surface area contributed by atoms with Crippen molar-refractivity contribution in [3.05, 3.63) is 39.7 Å². The van der Waals surface area contributed by atoms with Gasteiger partial charge in [0.1, 0.15) is 11.7 Å². The summed E-state index contributed by atoms with van der Waals surface area (Å²) in [4.78, 5) is 35.5. The fourth-order valence-electron chi connectivity index (χ4n) is 4.45. The third-order valence-corrected chi connectivity index (χ3v) is 6.09. The number of hydrogen-bond donors (Lipinski definition) is 2. The van der Waals surface area contributed by atoms with Crippen LogP contribution in [0.25, 0.3) is 0 Å². The van der Waals surface area contributed by atoms with Gasteiger partial charge in [0.25, 0.3) is 5.56 Å². The second-order valence-corrected chi connectivity index (χ2v) is 7.88. The second kappa shape index (κ2) is 8.30. The first-order valence-corrected chi connectivity index (χ1v) is 10.3. The van der Waals surface area contributed by atoms with E-state index < -0.39 is 17.7 Å². The standard InChI is InChI=1S/C22H25N5O4/c1-12-6-4-5-9-27(12)22-25-19-18(21(29)26-22)17(14(11-23)20(28)24-19)13-7-8-15(30-2)16(10-13)31-3/h7-8,10,12,14,17H,4-6,9H2,1-3H3,(H2,24,25,26,28,29). The molecule has 1 amide bonds. The van der Waals surface area contributed by atoms with Gasteiger partial charge in [-0.25, -0.2) is 0 Å². The molecular weight excluding hydrogens is 398 g/mol. The molecule has 1 aromatic heterocycles. The molecule has 9 nitrogen and oxygen atoms in total. The van der Waals surface area contributed by atoms with E-state index in [1.807, 2.05) is 6.07 Å². The zero-order valence-corrected chi connectivity index (χ0v) is 17.8. The van der Waals surface area contributed by atoms with E-state index in [0.29, 0.717) is 23.0 Å². The van der Waals surface area contributed by atoms with Gasteiger partial charge in [0.2, 0.25) is 11.9 Å². The number of anilines is 2. The molecule has 4 rings (SSSR count). The minimum absolute atomic E-state index is 0.202. The maximum absolute atomic E-state index is 13.2. The fourth-order valence-corrected chi connectivity index (χ4v) is 4.45. The molecule has 2 aromatic rings. The van der Waals surface area contributed by atoms with Gasteiger partial charge in [0.15, 0.2) is 11.5 Å². The predicted molar refractivity (Wildman–Crippen MR) is 115 cm³/mol. The molecule has 0 spiro atoms. The van der Waals surface area contributed by atoms with E-state index in [1.54, 1.807) is 18.2 Å². The Bertz CT molecular complexity index is 1110. The smallest absolute Gasteiger partial charge is 0.258 e. The summed E-state index contributed by atoms with van der Waals surface area (Å²) in [6, 6.07) is 7.41. The summed E-state index contributed by atoms with van der Waals surface area (Å²) in [6.07, 6.45) is 3.16. The molecular formula is C22H25N5O4. The highest BCUT2D eigenvalue weighted by atomic mass is 16.5. The summed E-state index contributed by atoms with van der Waals surface area (Å²) in [5.41, 5.74) is 0.510. The Kier molecular flexibility index (Phi) is 5.55. The van der Waals surface area contributed by atoms with Crippen molar-refractivity contribution in [2.45, 2.75) is 38.1 Å². The SMILES string of the molecule is COc1ccc(C2c3c(nc(N4CCCCC4C)[nH]c3=O)NC(=O)C2C#N)cc1OC. The van der Waals surface area contributed by atoms with Crippen molar-refractivity contribution in [1.82, 2.24) is 9.97 Å². The van der Waals surface area contributed by atoms with Gasteiger partial charge >= 0.3 is 0 Å². The molecule has 3 unspecified atom stereocenters. The van der Waals surface area contributed by atoms with Crippen LogP contribution in [0.5, 0.6) is 11.5 Å². The number of methoxy groups -OCH3 is 2. The molecule has 0 bridgehead atoms. The lowest BCUT2D eigenvalue weighted by molar-refractivity contribution is -0.119. The number of aromatic amines is 1. The van der Waals surface area contributed by atoms with Crippen molar-refractivity contribution in [1.29, 1.82) is 5.26 Å². The lowest BCUT2D eigenvalue weighted by Gasteiger charge is -2.35. The van der Waals surface area contributed by atoms with Gasteiger partial charge in [0.05, 0.1) is 25.9 Å². The molecule has 2 N–H and O–H groups in total. The quantitative estimate of drug-likeness (QED) is 0.775. The molecule has 3 atom stereocenters. The van der Waals surface area contributed by atoms with Crippen LogP contribution in [0, 0.1) is 17.2 Å². The van der Waals surface area contributed by atoms with E-state index in [-0.39, 0.29) is 23.0 Å². The summed E-state index contributed by atoms with van der Waals surface area (Å²) >= 11 is 0. The average molecular weight is 423 g/mol. The molecule has 0 aliphatic carbocycles. The van der Waals surface area contributed by atoms with Crippen molar-refractivity contribution < 1.29 is 14.3 Å². The van der Waals surface area contributed by atoms with Crippen LogP contribution in [0.2, 0.25) is 0 Å². The van der Waals surface area contributed by atoms with Gasteiger partial charge in [-0.05, 0) is 43.9 Å². The third-order valence-electron chi connectivity index (χ3n) is 6.09. The van der Waals surface area contributed by atoms with Crippen molar-refractivity contribution >= 4 is 17.7 Å². The lowest BCUT2D eigenvalue weighted by Crippen LogP contribution is -2.42. The number of fused-ring (bicyclic) bond motifs is 1. The van der Waals surface area contributed by atoms with Crippen molar-refractivity contribution in [3.8, 4) is 17.6 Å². The van der Waals surface area contributed by atoms with E-state index in [2.05, 4.69) is 27.1 Å². The molecule has 2 aliphatic rings. The molecule has 9 heteroatoms. The summed E-state index contributed by atoms with van der Waals surface area (Å²) in [7, 11) is 3.03. The number of rotatable bonds is 4. The minimum atomic E-state index is -1.08. The number of nitriles is 1. The van der Waals surface area contributed by atoms with E-state index in [1.165, 1.54) is 14.2 Å². The van der Waals surface area contributed by atoms with Crippen LogP contribution < -0.4 is 25.2 Å².